The van der Waals surface area contributed by atoms with E-state index in [0.717, 1.165) is 58.2 Å². The number of likely N-dealkylation sites (tertiary alicyclic amines) is 2. The second-order valence-electron chi connectivity index (χ2n) is 7.33. The summed E-state index contributed by atoms with van der Waals surface area (Å²) < 4.78 is 0. The molecule has 0 aromatic heterocycles. The Kier molecular flexibility index (Phi) is 6.11. The van der Waals surface area contributed by atoms with Gasteiger partial charge in [0.1, 0.15) is 0 Å². The second-order valence-corrected chi connectivity index (χ2v) is 7.33. The average Bonchev–Trinajstić information content (AvgIpc) is 2.67. The number of nitrogens with zero attached hydrogens (tertiary/aromatic N) is 2. The van der Waals surface area contributed by atoms with Crippen LogP contribution < -0.4 is 0 Å². The Morgan fingerprint density at radius 2 is 1.72 bits per heavy atom. The molecule has 2 fully saturated rings. The summed E-state index contributed by atoms with van der Waals surface area (Å²) in [7, 11) is 0. The first-order valence-electron chi connectivity index (χ1n) is 9.82. The minimum atomic E-state index is 0.253. The molecule has 0 bridgehead atoms. The van der Waals surface area contributed by atoms with Crippen molar-refractivity contribution < 1.29 is 9.59 Å². The third-order valence-corrected chi connectivity index (χ3v) is 5.68. The predicted molar refractivity (Wildman–Crippen MR) is 99.3 cm³/mol. The monoisotopic (exact) mass is 342 g/mol. The van der Waals surface area contributed by atoms with Gasteiger partial charge in [0.05, 0.1) is 0 Å². The van der Waals surface area contributed by atoms with Crippen molar-refractivity contribution >= 4 is 11.8 Å². The molecule has 4 nitrogen and oxygen atoms in total. The minimum absolute atomic E-state index is 0.253. The van der Waals surface area contributed by atoms with Gasteiger partial charge in [-0.1, -0.05) is 31.2 Å². The van der Waals surface area contributed by atoms with Crippen LogP contribution in [0.25, 0.3) is 0 Å². The summed E-state index contributed by atoms with van der Waals surface area (Å²) in [6.07, 6.45) is 7.18. The van der Waals surface area contributed by atoms with Gasteiger partial charge in [-0.15, -0.1) is 0 Å². The zero-order chi connectivity index (χ0) is 17.6. The summed E-state index contributed by atoms with van der Waals surface area (Å²) in [5.41, 5.74) is 2.57. The fourth-order valence-corrected chi connectivity index (χ4v) is 3.99. The van der Waals surface area contributed by atoms with Crippen LogP contribution in [0.4, 0.5) is 0 Å². The van der Waals surface area contributed by atoms with Gasteiger partial charge in [0, 0.05) is 38.5 Å². The maximum atomic E-state index is 12.5. The van der Waals surface area contributed by atoms with Crippen LogP contribution in [-0.2, 0) is 22.4 Å². The number of amides is 2. The molecule has 3 rings (SSSR count). The number of carbonyl (C=O) groups excluding carboxylic acids is 2. The Morgan fingerprint density at radius 3 is 2.36 bits per heavy atom. The van der Waals surface area contributed by atoms with E-state index in [9.17, 15) is 9.59 Å². The van der Waals surface area contributed by atoms with Gasteiger partial charge in [-0.3, -0.25) is 9.59 Å². The molecular weight excluding hydrogens is 312 g/mol. The Hall–Kier alpha value is -1.84. The van der Waals surface area contributed by atoms with Gasteiger partial charge in [-0.05, 0) is 49.7 Å². The molecule has 0 atom stereocenters. The molecule has 2 heterocycles. The third-order valence-electron chi connectivity index (χ3n) is 5.68. The van der Waals surface area contributed by atoms with Crippen molar-refractivity contribution in [1.29, 1.82) is 0 Å². The number of aryl methyl sites for hydroxylation is 2. The SMILES string of the molecule is CCc1ccc(CCC(=O)N2CCC(N3CCCCC3=O)CC2)cc1. The van der Waals surface area contributed by atoms with E-state index >= 15 is 0 Å². The summed E-state index contributed by atoms with van der Waals surface area (Å²) in [5, 5.41) is 0. The lowest BCUT2D eigenvalue weighted by molar-refractivity contribution is -0.138. The quantitative estimate of drug-likeness (QED) is 0.824. The standard InChI is InChI=1S/C21H30N2O2/c1-2-17-6-8-18(9-7-17)10-11-20(24)22-15-12-19(13-16-22)23-14-4-3-5-21(23)25/h6-9,19H,2-5,10-16H2,1H3. The number of rotatable bonds is 5. The van der Waals surface area contributed by atoms with Crippen LogP contribution in [0, 0.1) is 0 Å². The van der Waals surface area contributed by atoms with Crippen molar-refractivity contribution in [2.75, 3.05) is 19.6 Å². The molecule has 0 unspecified atom stereocenters. The molecule has 136 valence electrons. The summed E-state index contributed by atoms with van der Waals surface area (Å²) >= 11 is 0. The van der Waals surface area contributed by atoms with Crippen molar-refractivity contribution in [3.63, 3.8) is 0 Å². The van der Waals surface area contributed by atoms with Crippen LogP contribution in [-0.4, -0.2) is 47.3 Å². The van der Waals surface area contributed by atoms with E-state index in [2.05, 4.69) is 36.1 Å². The molecule has 1 aromatic rings. The Morgan fingerprint density at radius 1 is 1.04 bits per heavy atom. The molecule has 2 saturated heterocycles. The molecule has 25 heavy (non-hydrogen) atoms. The second kappa shape index (κ2) is 8.50. The van der Waals surface area contributed by atoms with E-state index in [4.69, 9.17) is 0 Å². The fourth-order valence-electron chi connectivity index (χ4n) is 3.99. The molecule has 0 spiro atoms. The Bertz CT molecular complexity index is 588. The van der Waals surface area contributed by atoms with Gasteiger partial charge in [-0.2, -0.15) is 0 Å². The summed E-state index contributed by atoms with van der Waals surface area (Å²) in [6.45, 7) is 4.65. The molecular formula is C21H30N2O2. The Labute approximate surface area is 151 Å². The number of carbonyl (C=O) groups is 2. The van der Waals surface area contributed by atoms with Gasteiger partial charge in [0.15, 0.2) is 0 Å². The van der Waals surface area contributed by atoms with Gasteiger partial charge in [0.2, 0.25) is 11.8 Å². The molecule has 2 amide bonds. The molecule has 0 aliphatic carbocycles. The minimum Gasteiger partial charge on any atom is -0.343 e. The molecule has 2 aliphatic rings. The Balaban J connectivity index is 1.44. The molecule has 0 saturated carbocycles. The number of benzene rings is 1. The lowest BCUT2D eigenvalue weighted by Gasteiger charge is -2.40. The normalized spacial score (nSPS) is 19.3. The largest absolute Gasteiger partial charge is 0.343 e. The predicted octanol–water partition coefficient (Wildman–Crippen LogP) is 3.19. The number of hydrogen-bond acceptors (Lipinski definition) is 2. The number of piperidine rings is 2. The first kappa shape index (κ1) is 18.0. The van der Waals surface area contributed by atoms with Crippen molar-refractivity contribution in [2.45, 2.75) is 64.3 Å². The van der Waals surface area contributed by atoms with E-state index in [-0.39, 0.29) is 5.91 Å². The maximum Gasteiger partial charge on any atom is 0.222 e. The first-order valence-corrected chi connectivity index (χ1v) is 9.82. The topological polar surface area (TPSA) is 40.6 Å². The van der Waals surface area contributed by atoms with Gasteiger partial charge < -0.3 is 9.80 Å². The molecule has 0 N–H and O–H groups in total. The lowest BCUT2D eigenvalue weighted by atomic mass is 9.99. The van der Waals surface area contributed by atoms with Crippen molar-refractivity contribution in [3.05, 3.63) is 35.4 Å². The molecule has 0 radical (unpaired) electrons. The summed E-state index contributed by atoms with van der Waals surface area (Å²) in [6, 6.07) is 8.93. The first-order chi connectivity index (χ1) is 12.2. The summed E-state index contributed by atoms with van der Waals surface area (Å²) in [5.74, 6) is 0.564. The van der Waals surface area contributed by atoms with E-state index in [1.54, 1.807) is 0 Å². The van der Waals surface area contributed by atoms with Crippen molar-refractivity contribution in [2.24, 2.45) is 0 Å². The highest BCUT2D eigenvalue weighted by Gasteiger charge is 2.30. The fraction of sp³-hybridized carbons (Fsp3) is 0.619. The number of hydrogen-bond donors (Lipinski definition) is 0. The van der Waals surface area contributed by atoms with Crippen LogP contribution in [0.3, 0.4) is 0 Å². The zero-order valence-electron chi connectivity index (χ0n) is 15.4. The van der Waals surface area contributed by atoms with E-state index in [1.165, 1.54) is 11.1 Å². The molecule has 4 heteroatoms. The van der Waals surface area contributed by atoms with Crippen molar-refractivity contribution in [3.8, 4) is 0 Å². The average molecular weight is 342 g/mol. The van der Waals surface area contributed by atoms with Crippen LogP contribution >= 0.6 is 0 Å². The van der Waals surface area contributed by atoms with Gasteiger partial charge >= 0.3 is 0 Å². The van der Waals surface area contributed by atoms with E-state index < -0.39 is 0 Å². The highest BCUT2D eigenvalue weighted by Crippen LogP contribution is 2.22. The summed E-state index contributed by atoms with van der Waals surface area (Å²) in [4.78, 5) is 28.6. The van der Waals surface area contributed by atoms with E-state index in [0.29, 0.717) is 24.8 Å². The van der Waals surface area contributed by atoms with Crippen molar-refractivity contribution in [1.82, 2.24) is 9.80 Å². The van der Waals surface area contributed by atoms with Crippen LogP contribution in [0.1, 0.15) is 56.6 Å². The highest BCUT2D eigenvalue weighted by atomic mass is 16.2. The molecule has 1 aromatic carbocycles. The van der Waals surface area contributed by atoms with Crippen LogP contribution in [0.2, 0.25) is 0 Å². The zero-order valence-corrected chi connectivity index (χ0v) is 15.4. The highest BCUT2D eigenvalue weighted by molar-refractivity contribution is 5.78. The van der Waals surface area contributed by atoms with Gasteiger partial charge in [0.25, 0.3) is 0 Å². The van der Waals surface area contributed by atoms with Crippen LogP contribution in [0.15, 0.2) is 24.3 Å². The third kappa shape index (κ3) is 4.62. The van der Waals surface area contributed by atoms with Gasteiger partial charge in [-0.25, -0.2) is 0 Å². The lowest BCUT2D eigenvalue weighted by Crippen LogP contribution is -2.50. The van der Waals surface area contributed by atoms with Crippen LogP contribution in [0.5, 0.6) is 0 Å². The molecule has 2 aliphatic heterocycles. The van der Waals surface area contributed by atoms with E-state index in [1.807, 2.05) is 4.90 Å². The smallest absolute Gasteiger partial charge is 0.222 e. The maximum absolute atomic E-state index is 12.5.